The van der Waals surface area contributed by atoms with E-state index in [9.17, 15) is 4.79 Å². The van der Waals surface area contributed by atoms with Crippen LogP contribution in [0.5, 0.6) is 11.5 Å². The summed E-state index contributed by atoms with van der Waals surface area (Å²) in [5, 5.41) is 3.32. The van der Waals surface area contributed by atoms with Crippen LogP contribution in [0.4, 0.5) is 5.69 Å². The molecule has 1 N–H and O–H groups in total. The molecule has 1 aliphatic rings. The van der Waals surface area contributed by atoms with Crippen molar-refractivity contribution in [1.82, 2.24) is 0 Å². The van der Waals surface area contributed by atoms with Crippen LogP contribution >= 0.6 is 0 Å². The van der Waals surface area contributed by atoms with Gasteiger partial charge in [-0.05, 0) is 12.5 Å². The quantitative estimate of drug-likeness (QED) is 0.939. The summed E-state index contributed by atoms with van der Waals surface area (Å²) in [6.07, 6.45) is 0. The van der Waals surface area contributed by atoms with Gasteiger partial charge in [-0.3, -0.25) is 4.79 Å². The van der Waals surface area contributed by atoms with Crippen LogP contribution in [0, 0.1) is 0 Å². The van der Waals surface area contributed by atoms with Gasteiger partial charge in [0, 0.05) is 12.1 Å². The van der Waals surface area contributed by atoms with Crippen LogP contribution in [0.25, 0.3) is 0 Å². The third kappa shape index (κ3) is 1.95. The number of ketones is 1. The molecule has 108 valence electrons. The lowest BCUT2D eigenvalue weighted by Crippen LogP contribution is -2.34. The summed E-state index contributed by atoms with van der Waals surface area (Å²) in [5.41, 5.74) is 1.45. The van der Waals surface area contributed by atoms with Gasteiger partial charge in [-0.1, -0.05) is 30.3 Å². The van der Waals surface area contributed by atoms with Gasteiger partial charge in [0.15, 0.2) is 5.78 Å². The Balaban J connectivity index is 2.14. The van der Waals surface area contributed by atoms with Crippen molar-refractivity contribution in [3.63, 3.8) is 0 Å². The first-order valence-electron chi connectivity index (χ1n) is 6.74. The second kappa shape index (κ2) is 4.81. The van der Waals surface area contributed by atoms with Crippen molar-refractivity contribution in [2.75, 3.05) is 19.5 Å². The largest absolute Gasteiger partial charge is 0.497 e. The number of carbonyl (C=O) groups is 1. The van der Waals surface area contributed by atoms with Gasteiger partial charge in [-0.25, -0.2) is 0 Å². The maximum Gasteiger partial charge on any atom is 0.198 e. The van der Waals surface area contributed by atoms with E-state index in [1.54, 1.807) is 20.3 Å². The van der Waals surface area contributed by atoms with Gasteiger partial charge < -0.3 is 14.8 Å². The van der Waals surface area contributed by atoms with Gasteiger partial charge in [0.2, 0.25) is 0 Å². The van der Waals surface area contributed by atoms with Crippen molar-refractivity contribution < 1.29 is 14.3 Å². The molecule has 0 aliphatic carbocycles. The number of carbonyl (C=O) groups excluding carboxylic acids is 1. The molecule has 0 radical (unpaired) electrons. The molecule has 2 aromatic rings. The minimum atomic E-state index is -0.788. The molecule has 1 unspecified atom stereocenters. The minimum Gasteiger partial charge on any atom is -0.497 e. The highest BCUT2D eigenvalue weighted by molar-refractivity contribution is 6.15. The zero-order valence-electron chi connectivity index (χ0n) is 12.3. The Kier molecular flexibility index (Phi) is 3.09. The molecule has 0 saturated carbocycles. The monoisotopic (exact) mass is 283 g/mol. The van der Waals surface area contributed by atoms with Gasteiger partial charge in [-0.15, -0.1) is 0 Å². The second-order valence-corrected chi connectivity index (χ2v) is 5.20. The minimum absolute atomic E-state index is 0.00297. The Bertz CT molecular complexity index is 697. The van der Waals surface area contributed by atoms with Crippen molar-refractivity contribution in [2.45, 2.75) is 12.5 Å². The van der Waals surface area contributed by atoms with Crippen LogP contribution in [0.3, 0.4) is 0 Å². The number of nitrogens with one attached hydrogen (secondary N) is 1. The molecule has 4 nitrogen and oxygen atoms in total. The van der Waals surface area contributed by atoms with Gasteiger partial charge >= 0.3 is 0 Å². The van der Waals surface area contributed by atoms with E-state index in [2.05, 4.69) is 5.32 Å². The van der Waals surface area contributed by atoms with E-state index in [0.717, 1.165) is 11.3 Å². The van der Waals surface area contributed by atoms with Crippen molar-refractivity contribution in [3.8, 4) is 11.5 Å². The summed E-state index contributed by atoms with van der Waals surface area (Å²) in [5.74, 6) is 1.19. The molecule has 0 saturated heterocycles. The number of rotatable bonds is 3. The molecule has 4 heteroatoms. The predicted molar refractivity (Wildman–Crippen MR) is 81.3 cm³/mol. The average Bonchev–Trinajstić information content (AvgIpc) is 2.79. The van der Waals surface area contributed by atoms with E-state index in [-0.39, 0.29) is 5.78 Å². The molecule has 0 aromatic heterocycles. The first-order valence-corrected chi connectivity index (χ1v) is 6.74. The number of methoxy groups -OCH3 is 2. The van der Waals surface area contributed by atoms with Crippen LogP contribution in [0.2, 0.25) is 0 Å². The van der Waals surface area contributed by atoms with Crippen molar-refractivity contribution in [1.29, 1.82) is 0 Å². The van der Waals surface area contributed by atoms with Gasteiger partial charge in [0.05, 0.1) is 25.5 Å². The number of hydrogen-bond donors (Lipinski definition) is 1. The van der Waals surface area contributed by atoms with Crippen molar-refractivity contribution in [3.05, 3.63) is 53.6 Å². The zero-order valence-corrected chi connectivity index (χ0v) is 12.3. The molecule has 1 aliphatic heterocycles. The highest BCUT2D eigenvalue weighted by Gasteiger charge is 2.44. The Morgan fingerprint density at radius 3 is 2.38 bits per heavy atom. The lowest BCUT2D eigenvalue weighted by atomic mass is 9.87. The molecule has 21 heavy (non-hydrogen) atoms. The molecule has 0 bridgehead atoms. The summed E-state index contributed by atoms with van der Waals surface area (Å²) in [4.78, 5) is 12.9. The van der Waals surface area contributed by atoms with E-state index < -0.39 is 5.54 Å². The lowest BCUT2D eigenvalue weighted by Gasteiger charge is -2.24. The van der Waals surface area contributed by atoms with Crippen LogP contribution in [0.1, 0.15) is 22.8 Å². The molecule has 3 rings (SSSR count). The second-order valence-electron chi connectivity index (χ2n) is 5.20. The fourth-order valence-electron chi connectivity index (χ4n) is 2.75. The summed E-state index contributed by atoms with van der Waals surface area (Å²) in [6, 6.07) is 13.2. The number of ether oxygens (including phenoxy) is 2. The predicted octanol–water partition coefficient (Wildman–Crippen LogP) is 3.23. The van der Waals surface area contributed by atoms with Gasteiger partial charge in [0.1, 0.15) is 17.0 Å². The number of hydrogen-bond acceptors (Lipinski definition) is 4. The number of benzene rings is 2. The standard InChI is InChI=1S/C17H17NO3/c1-17(11-7-5-4-6-8-11)16(19)15-13(18-17)9-12(20-2)10-14(15)21-3/h4-10,18H,1-3H3. The molecule has 1 heterocycles. The maximum atomic E-state index is 12.9. The van der Waals surface area contributed by atoms with E-state index in [4.69, 9.17) is 9.47 Å². The van der Waals surface area contributed by atoms with E-state index >= 15 is 0 Å². The summed E-state index contributed by atoms with van der Waals surface area (Å²) < 4.78 is 10.6. The molecule has 1 atom stereocenters. The third-order valence-corrected chi connectivity index (χ3v) is 3.95. The topological polar surface area (TPSA) is 47.6 Å². The van der Waals surface area contributed by atoms with Crippen molar-refractivity contribution in [2.24, 2.45) is 0 Å². The van der Waals surface area contributed by atoms with E-state index in [0.29, 0.717) is 17.1 Å². The lowest BCUT2D eigenvalue weighted by molar-refractivity contribution is 0.0926. The van der Waals surface area contributed by atoms with Crippen LogP contribution in [-0.2, 0) is 5.54 Å². The first-order chi connectivity index (χ1) is 10.1. The Hall–Kier alpha value is -2.49. The van der Waals surface area contributed by atoms with Gasteiger partial charge in [-0.2, -0.15) is 0 Å². The van der Waals surface area contributed by atoms with Gasteiger partial charge in [0.25, 0.3) is 0 Å². The van der Waals surface area contributed by atoms with Crippen LogP contribution < -0.4 is 14.8 Å². The molecular weight excluding hydrogens is 266 g/mol. The number of anilines is 1. The van der Waals surface area contributed by atoms with E-state index in [1.807, 2.05) is 43.3 Å². The SMILES string of the molecule is COc1cc2c(c(OC)c1)C(=O)C(C)(c1ccccc1)N2. The summed E-state index contributed by atoms with van der Waals surface area (Å²) in [7, 11) is 3.15. The Labute approximate surface area is 123 Å². The maximum absolute atomic E-state index is 12.9. The molecule has 2 aromatic carbocycles. The highest BCUT2D eigenvalue weighted by atomic mass is 16.5. The number of fused-ring (bicyclic) bond motifs is 1. The first kappa shape index (κ1) is 13.5. The van der Waals surface area contributed by atoms with E-state index in [1.165, 1.54) is 0 Å². The molecular formula is C17H17NO3. The summed E-state index contributed by atoms with van der Waals surface area (Å²) >= 11 is 0. The number of Topliss-reactive ketones (excluding diaryl/α,β-unsaturated/α-hetero) is 1. The van der Waals surface area contributed by atoms with Crippen LogP contribution in [-0.4, -0.2) is 20.0 Å². The fraction of sp³-hybridized carbons (Fsp3) is 0.235. The average molecular weight is 283 g/mol. The van der Waals surface area contributed by atoms with Crippen molar-refractivity contribution >= 4 is 11.5 Å². The normalized spacial score (nSPS) is 19.9. The van der Waals surface area contributed by atoms with Crippen LogP contribution in [0.15, 0.2) is 42.5 Å². The smallest absolute Gasteiger partial charge is 0.198 e. The zero-order chi connectivity index (χ0) is 15.0. The summed E-state index contributed by atoms with van der Waals surface area (Å²) in [6.45, 7) is 1.89. The fourth-order valence-corrected chi connectivity index (χ4v) is 2.75. The Morgan fingerprint density at radius 2 is 1.76 bits per heavy atom. The highest BCUT2D eigenvalue weighted by Crippen LogP contribution is 2.45. The Morgan fingerprint density at radius 1 is 1.05 bits per heavy atom. The molecule has 0 fully saturated rings. The third-order valence-electron chi connectivity index (χ3n) is 3.95. The molecule has 0 spiro atoms. The molecule has 0 amide bonds.